The van der Waals surface area contributed by atoms with E-state index in [1.54, 1.807) is 6.92 Å². The van der Waals surface area contributed by atoms with E-state index in [1.165, 1.54) is 25.3 Å². The van der Waals surface area contributed by atoms with Gasteiger partial charge in [-0.25, -0.2) is 18.6 Å². The number of methoxy groups -OCH3 is 2. The van der Waals surface area contributed by atoms with Crippen LogP contribution in [-0.2, 0) is 17.8 Å². The summed E-state index contributed by atoms with van der Waals surface area (Å²) in [6.45, 7) is 5.03. The highest BCUT2D eigenvalue weighted by Gasteiger charge is 2.39. The first-order valence-corrected chi connectivity index (χ1v) is 11.8. The number of nitrogens with zero attached hydrogens (tertiary/aromatic N) is 6. The van der Waals surface area contributed by atoms with Crippen LogP contribution in [0.4, 0.5) is 25.0 Å². The number of halogens is 2. The van der Waals surface area contributed by atoms with Crippen LogP contribution in [0.15, 0.2) is 23.6 Å². The topological polar surface area (TPSA) is 102 Å². The molecule has 0 saturated carbocycles. The molecule has 11 nitrogen and oxygen atoms in total. The van der Waals surface area contributed by atoms with Crippen LogP contribution in [0.2, 0.25) is 0 Å². The van der Waals surface area contributed by atoms with Crippen LogP contribution in [0.25, 0.3) is 11.4 Å². The lowest BCUT2D eigenvalue weighted by Crippen LogP contribution is -2.48. The van der Waals surface area contributed by atoms with Crippen LogP contribution in [0, 0.1) is 16.5 Å². The summed E-state index contributed by atoms with van der Waals surface area (Å²) in [7, 11) is 2.47. The maximum atomic E-state index is 15.3. The molecule has 0 aliphatic carbocycles. The molecule has 5 rings (SSSR count). The molecule has 1 aromatic carbocycles. The van der Waals surface area contributed by atoms with Gasteiger partial charge in [-0.2, -0.15) is 4.68 Å². The van der Waals surface area contributed by atoms with Gasteiger partial charge in [-0.15, -0.1) is 4.91 Å². The third kappa shape index (κ3) is 4.13. The number of ether oxygens (including phenoxy) is 3. The lowest BCUT2D eigenvalue weighted by atomic mass is 10.0. The van der Waals surface area contributed by atoms with Gasteiger partial charge in [0.1, 0.15) is 5.69 Å². The zero-order chi connectivity index (χ0) is 26.3. The predicted octanol–water partition coefficient (Wildman–Crippen LogP) is 3.61. The molecule has 1 fully saturated rings. The minimum atomic E-state index is -1.04. The van der Waals surface area contributed by atoms with Gasteiger partial charge < -0.3 is 14.2 Å². The average Bonchev–Trinajstić information content (AvgIpc) is 3.33. The molecule has 0 N–H and O–H groups in total. The number of carbonyl (C=O) groups is 1. The van der Waals surface area contributed by atoms with Crippen molar-refractivity contribution in [3.8, 4) is 22.9 Å². The average molecular weight is 517 g/mol. The van der Waals surface area contributed by atoms with E-state index in [2.05, 4.69) is 15.2 Å². The molecular formula is C24H26F2N6O5. The van der Waals surface area contributed by atoms with Gasteiger partial charge in [0.15, 0.2) is 29.0 Å². The number of amides is 2. The van der Waals surface area contributed by atoms with Gasteiger partial charge in [-0.3, -0.25) is 14.7 Å². The smallest absolute Gasteiger partial charge is 0.329 e. The van der Waals surface area contributed by atoms with E-state index in [1.807, 2.05) is 6.07 Å². The highest BCUT2D eigenvalue weighted by atomic mass is 19.1. The lowest BCUT2D eigenvalue weighted by molar-refractivity contribution is 0.0337. The Morgan fingerprint density at radius 1 is 1.08 bits per heavy atom. The molecule has 0 unspecified atom stereocenters. The number of fused-ring (bicyclic) bond motifs is 3. The first-order valence-electron chi connectivity index (χ1n) is 11.8. The van der Waals surface area contributed by atoms with Crippen LogP contribution in [-0.4, -0.2) is 67.7 Å². The first-order chi connectivity index (χ1) is 17.9. The number of nitroso groups, excluding NO2 is 1. The van der Waals surface area contributed by atoms with Crippen molar-refractivity contribution in [3.63, 3.8) is 0 Å². The molecule has 2 amide bonds. The summed E-state index contributed by atoms with van der Waals surface area (Å²) in [4.78, 5) is 34.6. The highest BCUT2D eigenvalue weighted by Crippen LogP contribution is 2.44. The van der Waals surface area contributed by atoms with Crippen LogP contribution < -0.4 is 19.3 Å². The van der Waals surface area contributed by atoms with Gasteiger partial charge in [0.2, 0.25) is 0 Å². The first kappa shape index (κ1) is 24.8. The van der Waals surface area contributed by atoms with Gasteiger partial charge in [-0.05, 0) is 13.0 Å². The van der Waals surface area contributed by atoms with Crippen molar-refractivity contribution in [2.75, 3.05) is 56.9 Å². The second-order valence-electron chi connectivity index (χ2n) is 8.67. The molecule has 1 saturated heterocycles. The quantitative estimate of drug-likeness (QED) is 0.442. The standard InChI is InChI=1S/C24H26F2N6O5/c1-4-30-21-14(11-31(24(30)33)22-19(25)17(35-2)10-18(36-3)20(22)26)12-32(28-34)23-16(21)9-15(27-23)13-29-5-7-37-8-6-29/h9-10,12H,4-8,11,13H2,1-3H3. The van der Waals surface area contributed by atoms with Gasteiger partial charge in [0.05, 0.1) is 50.6 Å². The molecule has 196 valence electrons. The number of aromatic nitrogens is 2. The zero-order valence-corrected chi connectivity index (χ0v) is 20.7. The van der Waals surface area contributed by atoms with Crippen molar-refractivity contribution in [1.82, 2.24) is 14.6 Å². The Bertz CT molecular complexity index is 1300. The Morgan fingerprint density at radius 2 is 1.76 bits per heavy atom. The van der Waals surface area contributed by atoms with Crippen molar-refractivity contribution in [2.24, 2.45) is 5.29 Å². The molecule has 1 aromatic rings. The Kier molecular flexibility index (Phi) is 6.65. The molecule has 4 aliphatic rings. The van der Waals surface area contributed by atoms with Gasteiger partial charge in [0.25, 0.3) is 0 Å². The van der Waals surface area contributed by atoms with E-state index in [9.17, 15) is 9.70 Å². The minimum Gasteiger partial charge on any atom is -0.493 e. The summed E-state index contributed by atoms with van der Waals surface area (Å²) in [6.07, 6.45) is 1.44. The predicted molar refractivity (Wildman–Crippen MR) is 130 cm³/mol. The number of carbonyl (C=O) groups excluding carboxylic acids is 1. The molecule has 37 heavy (non-hydrogen) atoms. The van der Waals surface area contributed by atoms with Crippen molar-refractivity contribution >= 4 is 17.4 Å². The Morgan fingerprint density at radius 3 is 2.35 bits per heavy atom. The number of rotatable bonds is 7. The molecule has 0 atom stereocenters. The fourth-order valence-corrected chi connectivity index (χ4v) is 4.87. The molecule has 4 heterocycles. The number of hydrogen-bond donors (Lipinski definition) is 0. The largest absolute Gasteiger partial charge is 0.493 e. The van der Waals surface area contributed by atoms with Gasteiger partial charge >= 0.3 is 6.03 Å². The summed E-state index contributed by atoms with van der Waals surface area (Å²) >= 11 is 0. The molecule has 4 aliphatic heterocycles. The molecular weight excluding hydrogens is 490 g/mol. The molecule has 0 spiro atoms. The van der Waals surface area contributed by atoms with Crippen molar-refractivity contribution in [2.45, 2.75) is 20.0 Å². The van der Waals surface area contributed by atoms with Crippen LogP contribution in [0.5, 0.6) is 11.5 Å². The SMILES string of the molecule is CCN1C(=O)N(c2c(F)c(OC)cc(OC)c2F)Cc2cn(N=O)c3nc(CN4CCOCC4)cc-3c21. The number of pyridine rings is 1. The number of anilines is 2. The Labute approximate surface area is 211 Å². The highest BCUT2D eigenvalue weighted by molar-refractivity contribution is 6.09. The van der Waals surface area contributed by atoms with E-state index in [-0.39, 0.29) is 24.6 Å². The summed E-state index contributed by atoms with van der Waals surface area (Å²) < 4.78 is 47.2. The van der Waals surface area contributed by atoms with Crippen molar-refractivity contribution in [1.29, 1.82) is 0 Å². The summed E-state index contributed by atoms with van der Waals surface area (Å²) in [6, 6.07) is 2.26. The third-order valence-electron chi connectivity index (χ3n) is 6.63. The summed E-state index contributed by atoms with van der Waals surface area (Å²) in [5.41, 5.74) is 1.65. The fourth-order valence-electron chi connectivity index (χ4n) is 4.87. The summed E-state index contributed by atoms with van der Waals surface area (Å²) in [5, 5.41) is 3.08. The molecule has 0 radical (unpaired) electrons. The number of benzene rings is 1. The third-order valence-corrected chi connectivity index (χ3v) is 6.63. The van der Waals surface area contributed by atoms with E-state index < -0.39 is 23.4 Å². The van der Waals surface area contributed by atoms with Crippen LogP contribution >= 0.6 is 0 Å². The molecule has 0 aromatic heterocycles. The second-order valence-corrected chi connectivity index (χ2v) is 8.67. The fraction of sp³-hybridized carbons (Fsp3) is 0.417. The Balaban J connectivity index is 1.63. The maximum Gasteiger partial charge on any atom is 0.329 e. The number of urea groups is 1. The zero-order valence-electron chi connectivity index (χ0n) is 20.7. The molecule has 0 bridgehead atoms. The van der Waals surface area contributed by atoms with Crippen molar-refractivity contribution < 1.29 is 27.8 Å². The van der Waals surface area contributed by atoms with E-state index >= 15 is 8.78 Å². The van der Waals surface area contributed by atoms with Crippen molar-refractivity contribution in [3.05, 3.63) is 46.1 Å². The second kappa shape index (κ2) is 9.90. The Hall–Kier alpha value is -3.84. The van der Waals surface area contributed by atoms with E-state index in [0.29, 0.717) is 48.1 Å². The minimum absolute atomic E-state index is 0.199. The van der Waals surface area contributed by atoms with Gasteiger partial charge in [0, 0.05) is 49.6 Å². The maximum absolute atomic E-state index is 15.3. The van der Waals surface area contributed by atoms with Crippen LogP contribution in [0.1, 0.15) is 18.2 Å². The number of morpholine rings is 1. The summed E-state index contributed by atoms with van der Waals surface area (Å²) in [5.74, 6) is -2.33. The van der Waals surface area contributed by atoms with E-state index in [0.717, 1.165) is 28.7 Å². The van der Waals surface area contributed by atoms with E-state index in [4.69, 9.17) is 14.2 Å². The van der Waals surface area contributed by atoms with Crippen LogP contribution in [0.3, 0.4) is 0 Å². The molecule has 13 heteroatoms. The van der Waals surface area contributed by atoms with Gasteiger partial charge in [-0.1, -0.05) is 0 Å². The monoisotopic (exact) mass is 516 g/mol. The normalized spacial score (nSPS) is 16.3. The lowest BCUT2D eigenvalue weighted by Gasteiger charge is -2.38. The number of hydrogen-bond acceptors (Lipinski definition) is 8.